The van der Waals surface area contributed by atoms with Gasteiger partial charge in [-0.15, -0.1) is 0 Å². The van der Waals surface area contributed by atoms with E-state index < -0.39 is 0 Å². The average molecular weight is 506 g/mol. The zero-order valence-corrected chi connectivity index (χ0v) is 22.1. The van der Waals surface area contributed by atoms with Crippen LogP contribution in [0.3, 0.4) is 0 Å². The second-order valence-electron chi connectivity index (χ2n) is 9.90. The number of benzene rings is 1. The van der Waals surface area contributed by atoms with Gasteiger partial charge in [-0.1, -0.05) is 18.2 Å². The van der Waals surface area contributed by atoms with Crippen molar-refractivity contribution in [2.45, 2.75) is 19.4 Å². The van der Waals surface area contributed by atoms with Gasteiger partial charge >= 0.3 is 0 Å². The Labute approximate surface area is 222 Å². The van der Waals surface area contributed by atoms with Crippen LogP contribution in [0.2, 0.25) is 0 Å². The number of nitriles is 1. The summed E-state index contributed by atoms with van der Waals surface area (Å²) >= 11 is 0. The Balaban J connectivity index is 1.40. The smallest absolute Gasteiger partial charge is 0.253 e. The largest absolute Gasteiger partial charge is 0.384 e. The number of anilines is 1. The molecule has 8 nitrogen and oxygen atoms in total. The number of amides is 1. The molecule has 0 fully saturated rings. The van der Waals surface area contributed by atoms with Crippen molar-refractivity contribution >= 4 is 28.3 Å². The number of fused-ring (bicyclic) bond motifs is 1. The van der Waals surface area contributed by atoms with E-state index in [4.69, 9.17) is 5.73 Å². The third kappa shape index (κ3) is 4.53. The Hall–Kier alpha value is -4.48. The summed E-state index contributed by atoms with van der Waals surface area (Å²) in [7, 11) is 5.57. The van der Waals surface area contributed by atoms with Gasteiger partial charge in [0, 0.05) is 68.7 Å². The Morgan fingerprint density at radius 2 is 1.89 bits per heavy atom. The molecule has 5 rings (SSSR count). The standard InChI is InChI=1S/C30H31N7O/c1-19(37-15-12-21(13-16-37)20-5-7-22(8-6-20)30(38)35(2)3)27-17-25-23(11-14-33-29(25)36(27)4)24-9-10-28(32)34-26(24)18-31/h5-12,14,17,19H,13,15-16H2,1-4H3,(H2,32,34). The summed E-state index contributed by atoms with van der Waals surface area (Å²) in [4.78, 5) is 25.1. The van der Waals surface area contributed by atoms with Gasteiger partial charge in [-0.3, -0.25) is 9.69 Å². The molecule has 3 aromatic heterocycles. The Morgan fingerprint density at radius 1 is 1.13 bits per heavy atom. The molecule has 0 saturated heterocycles. The quantitative estimate of drug-likeness (QED) is 0.424. The van der Waals surface area contributed by atoms with Crippen LogP contribution in [0.4, 0.5) is 5.82 Å². The van der Waals surface area contributed by atoms with Crippen molar-refractivity contribution in [3.05, 3.63) is 83.3 Å². The minimum absolute atomic E-state index is 0.0123. The summed E-state index contributed by atoms with van der Waals surface area (Å²) in [5.74, 6) is 0.340. The van der Waals surface area contributed by atoms with Crippen molar-refractivity contribution in [3.63, 3.8) is 0 Å². The lowest BCUT2D eigenvalue weighted by molar-refractivity contribution is 0.0827. The number of hydrogen-bond acceptors (Lipinski definition) is 6. The zero-order chi connectivity index (χ0) is 27.0. The lowest BCUT2D eigenvalue weighted by Gasteiger charge is -2.32. The third-order valence-corrected chi connectivity index (χ3v) is 7.40. The van der Waals surface area contributed by atoms with E-state index in [1.165, 1.54) is 5.57 Å². The van der Waals surface area contributed by atoms with Gasteiger partial charge in [0.25, 0.3) is 5.91 Å². The lowest BCUT2D eigenvalue weighted by atomic mass is 9.97. The van der Waals surface area contributed by atoms with Crippen molar-refractivity contribution in [3.8, 4) is 17.2 Å². The number of nitrogen functional groups attached to an aromatic ring is 1. The van der Waals surface area contributed by atoms with E-state index in [0.29, 0.717) is 17.1 Å². The SMILES string of the molecule is CC(c1cc2c(-c3ccc(N)nc3C#N)ccnc2n1C)N1CC=C(c2ccc(C(=O)N(C)C)cc2)CC1. The van der Waals surface area contributed by atoms with Crippen molar-refractivity contribution in [2.24, 2.45) is 7.05 Å². The van der Waals surface area contributed by atoms with Gasteiger partial charge in [0.05, 0.1) is 0 Å². The van der Waals surface area contributed by atoms with Crippen molar-refractivity contribution in [1.29, 1.82) is 5.26 Å². The van der Waals surface area contributed by atoms with Crippen LogP contribution < -0.4 is 5.73 Å². The third-order valence-electron chi connectivity index (χ3n) is 7.40. The summed E-state index contributed by atoms with van der Waals surface area (Å²) < 4.78 is 2.14. The fourth-order valence-corrected chi connectivity index (χ4v) is 5.22. The van der Waals surface area contributed by atoms with Gasteiger partial charge in [0.2, 0.25) is 0 Å². The van der Waals surface area contributed by atoms with Gasteiger partial charge in [0.1, 0.15) is 17.5 Å². The predicted molar refractivity (Wildman–Crippen MR) is 150 cm³/mol. The fourth-order valence-electron chi connectivity index (χ4n) is 5.22. The van der Waals surface area contributed by atoms with Crippen LogP contribution in [0, 0.1) is 11.3 Å². The molecule has 8 heteroatoms. The molecule has 1 amide bonds. The molecule has 1 atom stereocenters. The molecule has 0 aliphatic carbocycles. The summed E-state index contributed by atoms with van der Waals surface area (Å²) in [6.07, 6.45) is 4.99. The van der Waals surface area contributed by atoms with E-state index in [2.05, 4.69) is 44.6 Å². The average Bonchev–Trinajstić information content (AvgIpc) is 3.28. The number of carbonyl (C=O) groups is 1. The van der Waals surface area contributed by atoms with Gasteiger partial charge in [-0.05, 0) is 66.4 Å². The highest BCUT2D eigenvalue weighted by atomic mass is 16.2. The summed E-state index contributed by atoms with van der Waals surface area (Å²) in [5, 5.41) is 10.6. The van der Waals surface area contributed by atoms with Gasteiger partial charge in [0.15, 0.2) is 5.69 Å². The number of pyridine rings is 2. The number of aryl methyl sites for hydroxylation is 1. The molecule has 38 heavy (non-hydrogen) atoms. The van der Waals surface area contributed by atoms with Crippen LogP contribution in [0.5, 0.6) is 0 Å². The molecule has 0 saturated carbocycles. The maximum absolute atomic E-state index is 12.2. The molecule has 1 aliphatic rings. The van der Waals surface area contributed by atoms with E-state index in [9.17, 15) is 10.1 Å². The number of nitrogens with zero attached hydrogens (tertiary/aromatic N) is 6. The number of aromatic nitrogens is 3. The number of nitrogens with two attached hydrogens (primary N) is 1. The lowest BCUT2D eigenvalue weighted by Crippen LogP contribution is -2.32. The van der Waals surface area contributed by atoms with Crippen LogP contribution in [-0.2, 0) is 7.05 Å². The first-order valence-corrected chi connectivity index (χ1v) is 12.6. The van der Waals surface area contributed by atoms with E-state index >= 15 is 0 Å². The summed E-state index contributed by atoms with van der Waals surface area (Å²) in [6.45, 7) is 3.98. The van der Waals surface area contributed by atoms with Crippen LogP contribution >= 0.6 is 0 Å². The molecular formula is C30H31N7O. The van der Waals surface area contributed by atoms with E-state index in [0.717, 1.165) is 52.9 Å². The van der Waals surface area contributed by atoms with Gasteiger partial charge < -0.3 is 15.2 Å². The van der Waals surface area contributed by atoms with E-state index in [1.54, 1.807) is 31.3 Å². The molecule has 1 aliphatic heterocycles. The van der Waals surface area contributed by atoms with Crippen LogP contribution in [0.15, 0.2) is 60.8 Å². The monoisotopic (exact) mass is 505 g/mol. The van der Waals surface area contributed by atoms with Crippen molar-refractivity contribution < 1.29 is 4.79 Å². The van der Waals surface area contributed by atoms with E-state index in [-0.39, 0.29) is 11.9 Å². The first kappa shape index (κ1) is 25.2. The predicted octanol–water partition coefficient (Wildman–Crippen LogP) is 4.64. The van der Waals surface area contributed by atoms with Gasteiger partial charge in [-0.25, -0.2) is 9.97 Å². The highest BCUT2D eigenvalue weighted by Crippen LogP contribution is 2.35. The maximum Gasteiger partial charge on any atom is 0.253 e. The molecule has 0 radical (unpaired) electrons. The van der Waals surface area contributed by atoms with Crippen LogP contribution in [0.25, 0.3) is 27.7 Å². The summed E-state index contributed by atoms with van der Waals surface area (Å²) in [6, 6.07) is 17.9. The molecule has 0 bridgehead atoms. The van der Waals surface area contributed by atoms with Crippen molar-refractivity contribution in [2.75, 3.05) is 32.9 Å². The summed E-state index contributed by atoms with van der Waals surface area (Å²) in [5.41, 5.74) is 13.0. The van der Waals surface area contributed by atoms with Gasteiger partial charge in [-0.2, -0.15) is 5.26 Å². The molecular weight excluding hydrogens is 474 g/mol. The first-order valence-electron chi connectivity index (χ1n) is 12.6. The molecule has 1 aromatic carbocycles. The number of rotatable bonds is 5. The Morgan fingerprint density at radius 3 is 2.55 bits per heavy atom. The minimum Gasteiger partial charge on any atom is -0.384 e. The Kier molecular flexibility index (Phi) is 6.70. The highest BCUT2D eigenvalue weighted by Gasteiger charge is 2.24. The molecule has 0 spiro atoms. The zero-order valence-electron chi connectivity index (χ0n) is 22.1. The van der Waals surface area contributed by atoms with Crippen LogP contribution in [-0.4, -0.2) is 57.4 Å². The maximum atomic E-state index is 12.2. The molecule has 2 N–H and O–H groups in total. The molecule has 4 heterocycles. The van der Waals surface area contributed by atoms with Crippen molar-refractivity contribution in [1.82, 2.24) is 24.3 Å². The number of hydrogen-bond donors (Lipinski definition) is 1. The normalized spacial score (nSPS) is 14.7. The van der Waals surface area contributed by atoms with E-state index in [1.807, 2.05) is 43.4 Å². The first-order chi connectivity index (χ1) is 18.3. The van der Waals surface area contributed by atoms with Crippen LogP contribution in [0.1, 0.15) is 46.7 Å². The molecule has 1 unspecified atom stereocenters. The fraction of sp³-hybridized carbons (Fsp3) is 0.267. The number of carbonyl (C=O) groups excluding carboxylic acids is 1. The Bertz CT molecular complexity index is 1590. The second-order valence-corrected chi connectivity index (χ2v) is 9.90. The molecule has 4 aromatic rings. The highest BCUT2D eigenvalue weighted by molar-refractivity contribution is 5.95. The second kappa shape index (κ2) is 10.1. The molecule has 192 valence electrons. The topological polar surface area (TPSA) is 104 Å². The minimum atomic E-state index is 0.0123.